The highest BCUT2D eigenvalue weighted by Gasteiger charge is 2.17. The summed E-state index contributed by atoms with van der Waals surface area (Å²) in [6, 6.07) is 9.35. The second kappa shape index (κ2) is 12.3. The summed E-state index contributed by atoms with van der Waals surface area (Å²) < 4.78 is 16.3. The number of carbonyl (C=O) groups is 1. The summed E-state index contributed by atoms with van der Waals surface area (Å²) in [5.41, 5.74) is 0.969. The minimum absolute atomic E-state index is 0.192. The number of rotatable bonds is 5. The molecule has 5 nitrogen and oxygen atoms in total. The Hall–Kier alpha value is -2.44. The summed E-state index contributed by atoms with van der Waals surface area (Å²) in [5, 5.41) is 4.73. The molecule has 162 valence electrons. The van der Waals surface area contributed by atoms with Crippen LogP contribution in [-0.2, 0) is 17.5 Å². The molecule has 1 aliphatic heterocycles. The van der Waals surface area contributed by atoms with Gasteiger partial charge in [-0.1, -0.05) is 51.1 Å². The van der Waals surface area contributed by atoms with E-state index in [1.807, 2.05) is 67.6 Å². The highest BCUT2D eigenvalue weighted by Crippen LogP contribution is 2.17. The molecule has 1 amide bonds. The summed E-state index contributed by atoms with van der Waals surface area (Å²) in [4.78, 5) is 13.4. The van der Waals surface area contributed by atoms with Gasteiger partial charge in [-0.25, -0.2) is 13.3 Å². The van der Waals surface area contributed by atoms with Crippen LogP contribution in [0, 0.1) is 0 Å². The summed E-state index contributed by atoms with van der Waals surface area (Å²) in [6.07, 6.45) is 10.6. The van der Waals surface area contributed by atoms with E-state index in [-0.39, 0.29) is 6.03 Å². The molecular weight excluding hydrogens is 394 g/mol. The quantitative estimate of drug-likeness (QED) is 0.793. The zero-order chi connectivity index (χ0) is 21.9. The first-order chi connectivity index (χ1) is 14.6. The lowest BCUT2D eigenvalue weighted by Crippen LogP contribution is -2.38. The Morgan fingerprint density at radius 1 is 1.13 bits per heavy atom. The molecule has 0 spiro atoms. The van der Waals surface area contributed by atoms with Crippen molar-refractivity contribution in [3.05, 3.63) is 65.3 Å². The molecule has 1 N–H and O–H groups in total. The first kappa shape index (κ1) is 23.8. The molecule has 3 rings (SSSR count). The minimum Gasteiger partial charge on any atom is -0.333 e. The van der Waals surface area contributed by atoms with E-state index in [1.54, 1.807) is 16.8 Å². The standard InChI is InChI=1S/C22H27N3O2S.C2H6/c1-3-8-21-19(4-2)13-16-25(21)22(26)23-17-18-9-11-20(12-10-18)28(27)24-14-6-5-7-15-24;1-2/h3-4,8-13,16H,1,5-7,14-15,17H2,2H3,(H,23,26);1-2H3/b19-4-,21-8+;. The number of benzene rings is 1. The second-order valence-electron chi connectivity index (χ2n) is 6.76. The van der Waals surface area contributed by atoms with Crippen LogP contribution >= 0.6 is 0 Å². The van der Waals surface area contributed by atoms with Gasteiger partial charge in [-0.05, 0) is 54.8 Å². The van der Waals surface area contributed by atoms with Gasteiger partial charge in [-0.2, -0.15) is 0 Å². The van der Waals surface area contributed by atoms with Crippen LogP contribution in [0.1, 0.15) is 45.6 Å². The number of hydrogen-bond acceptors (Lipinski definition) is 2. The van der Waals surface area contributed by atoms with Crippen LogP contribution in [0.5, 0.6) is 0 Å². The van der Waals surface area contributed by atoms with Gasteiger partial charge in [0.25, 0.3) is 0 Å². The van der Waals surface area contributed by atoms with Gasteiger partial charge in [0.05, 0.1) is 10.2 Å². The van der Waals surface area contributed by atoms with Crippen LogP contribution in [0.3, 0.4) is 0 Å². The Kier molecular flexibility index (Phi) is 9.77. The maximum Gasteiger partial charge on any atom is 0.326 e. The smallest absolute Gasteiger partial charge is 0.326 e. The molecule has 0 aliphatic carbocycles. The molecule has 30 heavy (non-hydrogen) atoms. The first-order valence-corrected chi connectivity index (χ1v) is 11.7. The fourth-order valence-electron chi connectivity index (χ4n) is 3.34. The fraction of sp³-hybridized carbons (Fsp3) is 0.375. The number of carbonyl (C=O) groups excluding carboxylic acids is 1. The molecule has 1 atom stereocenters. The maximum absolute atomic E-state index is 12.6. The Morgan fingerprint density at radius 3 is 2.40 bits per heavy atom. The van der Waals surface area contributed by atoms with Crippen molar-refractivity contribution in [1.82, 2.24) is 14.2 Å². The lowest BCUT2D eigenvalue weighted by Gasteiger charge is -2.25. The van der Waals surface area contributed by atoms with Crippen molar-refractivity contribution >= 4 is 29.2 Å². The van der Waals surface area contributed by atoms with E-state index in [0.29, 0.717) is 6.54 Å². The number of allylic oxidation sites excluding steroid dienone is 1. The van der Waals surface area contributed by atoms with Crippen LogP contribution in [0.15, 0.2) is 54.1 Å². The van der Waals surface area contributed by atoms with E-state index in [0.717, 1.165) is 47.0 Å². The Bertz CT molecular complexity index is 971. The Morgan fingerprint density at radius 2 is 1.80 bits per heavy atom. The van der Waals surface area contributed by atoms with Gasteiger partial charge in [-0.15, -0.1) is 0 Å². The average molecular weight is 428 g/mol. The van der Waals surface area contributed by atoms with Gasteiger partial charge in [-0.3, -0.25) is 4.57 Å². The molecule has 0 bridgehead atoms. The van der Waals surface area contributed by atoms with Crippen molar-refractivity contribution in [1.29, 1.82) is 0 Å². The topological polar surface area (TPSA) is 54.3 Å². The predicted octanol–water partition coefficient (Wildman–Crippen LogP) is 3.55. The maximum atomic E-state index is 12.6. The molecule has 1 unspecified atom stereocenters. The predicted molar refractivity (Wildman–Crippen MR) is 126 cm³/mol. The summed E-state index contributed by atoms with van der Waals surface area (Å²) in [7, 11) is -1.10. The molecule has 0 saturated carbocycles. The molecule has 2 heterocycles. The van der Waals surface area contributed by atoms with Gasteiger partial charge in [0, 0.05) is 25.8 Å². The van der Waals surface area contributed by atoms with Crippen molar-refractivity contribution in [2.24, 2.45) is 0 Å². The van der Waals surface area contributed by atoms with Crippen molar-refractivity contribution in [2.75, 3.05) is 13.1 Å². The third-order valence-electron chi connectivity index (χ3n) is 4.88. The van der Waals surface area contributed by atoms with Crippen LogP contribution < -0.4 is 15.9 Å². The second-order valence-corrected chi connectivity index (χ2v) is 8.24. The zero-order valence-corrected chi connectivity index (χ0v) is 19.1. The van der Waals surface area contributed by atoms with Gasteiger partial charge in [0.2, 0.25) is 0 Å². The number of nitrogens with one attached hydrogen (secondary N) is 1. The molecule has 0 radical (unpaired) electrons. The lowest BCUT2D eigenvalue weighted by molar-refractivity contribution is 0.241. The highest BCUT2D eigenvalue weighted by molar-refractivity contribution is 7.82. The number of amides is 1. The molecule has 1 aromatic heterocycles. The van der Waals surface area contributed by atoms with Crippen molar-refractivity contribution in [3.63, 3.8) is 0 Å². The van der Waals surface area contributed by atoms with E-state index >= 15 is 0 Å². The lowest BCUT2D eigenvalue weighted by atomic mass is 10.2. The van der Waals surface area contributed by atoms with Crippen LogP contribution in [0.25, 0.3) is 12.2 Å². The summed E-state index contributed by atoms with van der Waals surface area (Å²) >= 11 is 0. The van der Waals surface area contributed by atoms with Crippen molar-refractivity contribution in [2.45, 2.75) is 51.5 Å². The van der Waals surface area contributed by atoms with E-state index in [4.69, 9.17) is 0 Å². The van der Waals surface area contributed by atoms with Gasteiger partial charge in [0.15, 0.2) is 0 Å². The van der Waals surface area contributed by atoms with Crippen LogP contribution in [0.4, 0.5) is 4.79 Å². The molecule has 1 saturated heterocycles. The van der Waals surface area contributed by atoms with Crippen molar-refractivity contribution in [3.8, 4) is 0 Å². The molecule has 1 aromatic carbocycles. The molecule has 2 aromatic rings. The van der Waals surface area contributed by atoms with Gasteiger partial charge >= 0.3 is 6.03 Å². The molecule has 1 fully saturated rings. The third-order valence-corrected chi connectivity index (χ3v) is 6.39. The van der Waals surface area contributed by atoms with E-state index in [9.17, 15) is 9.00 Å². The number of hydrogen-bond donors (Lipinski definition) is 1. The number of nitrogens with zero attached hydrogens (tertiary/aromatic N) is 2. The van der Waals surface area contributed by atoms with E-state index < -0.39 is 11.0 Å². The van der Waals surface area contributed by atoms with Crippen molar-refractivity contribution < 1.29 is 9.00 Å². The van der Waals surface area contributed by atoms with E-state index in [1.165, 1.54) is 6.42 Å². The zero-order valence-electron chi connectivity index (χ0n) is 18.3. The SMILES string of the molecule is C=C/C=c1\c(=C/C)ccn1C(=O)NCc1ccc(S(=O)N2CCCCC2)cc1.CC. The summed E-state index contributed by atoms with van der Waals surface area (Å²) in [5.74, 6) is 0. The largest absolute Gasteiger partial charge is 0.333 e. The third kappa shape index (κ3) is 6.03. The van der Waals surface area contributed by atoms with E-state index in [2.05, 4.69) is 11.9 Å². The average Bonchev–Trinajstić information content (AvgIpc) is 3.22. The Balaban J connectivity index is 0.00000155. The molecular formula is C24H33N3O2S. The van der Waals surface area contributed by atoms with Gasteiger partial charge < -0.3 is 5.32 Å². The number of piperidine rings is 1. The number of aromatic nitrogens is 1. The van der Waals surface area contributed by atoms with Crippen LogP contribution in [-0.4, -0.2) is 32.2 Å². The Labute approximate surface area is 182 Å². The molecule has 1 aliphatic rings. The van der Waals surface area contributed by atoms with Gasteiger partial charge in [0.1, 0.15) is 11.0 Å². The normalized spacial score (nSPS) is 16.5. The highest BCUT2D eigenvalue weighted by atomic mass is 32.2. The summed E-state index contributed by atoms with van der Waals surface area (Å²) in [6.45, 7) is 11.8. The monoisotopic (exact) mass is 427 g/mol. The van der Waals surface area contributed by atoms with Crippen LogP contribution in [0.2, 0.25) is 0 Å². The molecule has 6 heteroatoms. The first-order valence-electron chi connectivity index (χ1n) is 10.6. The minimum atomic E-state index is -1.10. The fourth-order valence-corrected chi connectivity index (χ4v) is 4.59.